The van der Waals surface area contributed by atoms with Gasteiger partial charge in [0, 0.05) is 17.6 Å². The number of methoxy groups -OCH3 is 1. The Morgan fingerprint density at radius 2 is 1.93 bits per heavy atom. The van der Waals surface area contributed by atoms with Crippen LogP contribution in [-0.4, -0.2) is 33.5 Å². The maximum atomic E-state index is 12.4. The number of rotatable bonds is 7. The molecule has 1 aromatic heterocycles. The van der Waals surface area contributed by atoms with E-state index in [0.717, 1.165) is 11.4 Å². The van der Waals surface area contributed by atoms with E-state index < -0.39 is 0 Å². The van der Waals surface area contributed by atoms with Crippen LogP contribution in [0.15, 0.2) is 47.6 Å². The molecule has 0 spiro atoms. The molecule has 6 nitrogen and oxygen atoms in total. The lowest BCUT2D eigenvalue weighted by Crippen LogP contribution is -2.15. The third-order valence-corrected chi connectivity index (χ3v) is 5.69. The first-order valence-corrected chi connectivity index (χ1v) is 10.5. The second-order valence-electron chi connectivity index (χ2n) is 6.82. The molecule has 1 N–H and O–H groups in total. The Morgan fingerprint density at radius 1 is 1.21 bits per heavy atom. The van der Waals surface area contributed by atoms with Gasteiger partial charge in [0.15, 0.2) is 11.0 Å². The number of amides is 1. The van der Waals surface area contributed by atoms with E-state index in [4.69, 9.17) is 16.3 Å². The maximum Gasteiger partial charge on any atom is 0.234 e. The lowest BCUT2D eigenvalue weighted by atomic mass is 10.0. The van der Waals surface area contributed by atoms with Crippen molar-refractivity contribution in [1.29, 1.82) is 0 Å². The molecule has 0 saturated carbocycles. The van der Waals surface area contributed by atoms with Crippen LogP contribution in [0.5, 0.6) is 5.75 Å². The SMILES string of the molecule is COc1ccc(Cl)cc1NC(=O)CSc1nnc(-c2ccc(C(C)C)cc2)n1C. The third kappa shape index (κ3) is 5.10. The molecule has 0 unspecified atom stereocenters. The molecule has 0 aliphatic heterocycles. The maximum absolute atomic E-state index is 12.4. The molecule has 2 aromatic carbocycles. The highest BCUT2D eigenvalue weighted by molar-refractivity contribution is 7.99. The van der Waals surface area contributed by atoms with Crippen molar-refractivity contribution in [3.8, 4) is 17.1 Å². The highest BCUT2D eigenvalue weighted by Gasteiger charge is 2.14. The number of thioether (sulfide) groups is 1. The first-order valence-electron chi connectivity index (χ1n) is 9.15. The lowest BCUT2D eigenvalue weighted by molar-refractivity contribution is -0.113. The summed E-state index contributed by atoms with van der Waals surface area (Å²) in [6.07, 6.45) is 0. The summed E-state index contributed by atoms with van der Waals surface area (Å²) in [6.45, 7) is 4.33. The molecule has 29 heavy (non-hydrogen) atoms. The summed E-state index contributed by atoms with van der Waals surface area (Å²) in [7, 11) is 3.44. The van der Waals surface area contributed by atoms with Crippen molar-refractivity contribution in [3.63, 3.8) is 0 Å². The third-order valence-electron chi connectivity index (χ3n) is 4.44. The average molecular weight is 431 g/mol. The highest BCUT2D eigenvalue weighted by Crippen LogP contribution is 2.28. The monoisotopic (exact) mass is 430 g/mol. The van der Waals surface area contributed by atoms with Gasteiger partial charge in [-0.3, -0.25) is 4.79 Å². The van der Waals surface area contributed by atoms with Crippen LogP contribution in [0.4, 0.5) is 5.69 Å². The highest BCUT2D eigenvalue weighted by atomic mass is 35.5. The molecule has 3 aromatic rings. The van der Waals surface area contributed by atoms with Gasteiger partial charge in [0.1, 0.15) is 5.75 Å². The summed E-state index contributed by atoms with van der Waals surface area (Å²) in [5.74, 6) is 1.81. The van der Waals surface area contributed by atoms with Crippen LogP contribution in [-0.2, 0) is 11.8 Å². The fourth-order valence-electron chi connectivity index (χ4n) is 2.80. The molecule has 0 fully saturated rings. The number of carbonyl (C=O) groups excluding carboxylic acids is 1. The summed E-state index contributed by atoms with van der Waals surface area (Å²) in [4.78, 5) is 12.4. The number of aromatic nitrogens is 3. The predicted octanol–water partition coefficient (Wildman–Crippen LogP) is 5.00. The second-order valence-corrected chi connectivity index (χ2v) is 8.20. The number of hydrogen-bond donors (Lipinski definition) is 1. The number of carbonyl (C=O) groups is 1. The van der Waals surface area contributed by atoms with Gasteiger partial charge in [-0.15, -0.1) is 10.2 Å². The van der Waals surface area contributed by atoms with Gasteiger partial charge in [0.05, 0.1) is 18.6 Å². The quantitative estimate of drug-likeness (QED) is 0.534. The van der Waals surface area contributed by atoms with E-state index in [1.54, 1.807) is 25.3 Å². The van der Waals surface area contributed by atoms with Crippen LogP contribution >= 0.6 is 23.4 Å². The van der Waals surface area contributed by atoms with Crippen LogP contribution in [0.25, 0.3) is 11.4 Å². The molecule has 1 amide bonds. The Labute approximate surface area is 179 Å². The van der Waals surface area contributed by atoms with Gasteiger partial charge in [-0.1, -0.05) is 61.5 Å². The largest absolute Gasteiger partial charge is 0.495 e. The zero-order valence-corrected chi connectivity index (χ0v) is 18.3. The number of ether oxygens (including phenoxy) is 1. The van der Waals surface area contributed by atoms with Crippen molar-refractivity contribution < 1.29 is 9.53 Å². The van der Waals surface area contributed by atoms with Crippen LogP contribution in [0.1, 0.15) is 25.3 Å². The summed E-state index contributed by atoms with van der Waals surface area (Å²) in [5.41, 5.74) is 2.80. The minimum absolute atomic E-state index is 0.179. The molecule has 0 radical (unpaired) electrons. The fraction of sp³-hybridized carbons (Fsp3) is 0.286. The number of nitrogens with zero attached hydrogens (tertiary/aromatic N) is 3. The van der Waals surface area contributed by atoms with Gasteiger partial charge in [-0.05, 0) is 29.7 Å². The Bertz CT molecular complexity index is 1000. The summed E-state index contributed by atoms with van der Waals surface area (Å²) >= 11 is 7.32. The van der Waals surface area contributed by atoms with Crippen molar-refractivity contribution in [2.45, 2.75) is 24.9 Å². The zero-order chi connectivity index (χ0) is 21.0. The minimum atomic E-state index is -0.179. The van der Waals surface area contributed by atoms with Crippen molar-refractivity contribution in [3.05, 3.63) is 53.1 Å². The van der Waals surface area contributed by atoms with Crippen molar-refractivity contribution in [2.75, 3.05) is 18.2 Å². The first kappa shape index (κ1) is 21.2. The first-order chi connectivity index (χ1) is 13.9. The van der Waals surface area contributed by atoms with E-state index in [-0.39, 0.29) is 11.7 Å². The Hall–Kier alpha value is -2.51. The summed E-state index contributed by atoms with van der Waals surface area (Å²) in [6, 6.07) is 13.4. The smallest absolute Gasteiger partial charge is 0.234 e. The standard InChI is InChI=1S/C21H23ClN4O2S/c1-13(2)14-5-7-15(8-6-14)20-24-25-21(26(20)3)29-12-19(27)23-17-11-16(22)9-10-18(17)28-4/h5-11,13H,12H2,1-4H3,(H,23,27). The average Bonchev–Trinajstić information content (AvgIpc) is 3.07. The Morgan fingerprint density at radius 3 is 2.59 bits per heavy atom. The van der Waals surface area contributed by atoms with Crippen LogP contribution in [0.3, 0.4) is 0 Å². The van der Waals surface area contributed by atoms with Gasteiger partial charge in [0.2, 0.25) is 5.91 Å². The molecular formula is C21H23ClN4O2S. The van der Waals surface area contributed by atoms with Gasteiger partial charge < -0.3 is 14.6 Å². The fourth-order valence-corrected chi connectivity index (χ4v) is 3.69. The van der Waals surface area contributed by atoms with E-state index in [2.05, 4.69) is 41.5 Å². The molecular weight excluding hydrogens is 408 g/mol. The number of benzene rings is 2. The van der Waals surface area contributed by atoms with Crippen LogP contribution < -0.4 is 10.1 Å². The molecule has 152 valence electrons. The van der Waals surface area contributed by atoms with Crippen LogP contribution in [0.2, 0.25) is 5.02 Å². The van der Waals surface area contributed by atoms with E-state index in [0.29, 0.717) is 27.5 Å². The normalized spacial score (nSPS) is 11.0. The molecule has 0 aliphatic rings. The van der Waals surface area contributed by atoms with Gasteiger partial charge in [-0.2, -0.15) is 0 Å². The van der Waals surface area contributed by atoms with Crippen molar-refractivity contribution in [2.24, 2.45) is 7.05 Å². The number of anilines is 1. The van der Waals surface area contributed by atoms with Gasteiger partial charge in [0.25, 0.3) is 0 Å². The lowest BCUT2D eigenvalue weighted by Gasteiger charge is -2.10. The van der Waals surface area contributed by atoms with Crippen molar-refractivity contribution in [1.82, 2.24) is 14.8 Å². The predicted molar refractivity (Wildman–Crippen MR) is 118 cm³/mol. The summed E-state index contributed by atoms with van der Waals surface area (Å²) in [5, 5.41) is 12.5. The van der Waals surface area contributed by atoms with E-state index >= 15 is 0 Å². The number of hydrogen-bond acceptors (Lipinski definition) is 5. The minimum Gasteiger partial charge on any atom is -0.495 e. The number of halogens is 1. The van der Waals surface area contributed by atoms with E-state index in [9.17, 15) is 4.79 Å². The van der Waals surface area contributed by atoms with Crippen LogP contribution in [0, 0.1) is 0 Å². The van der Waals surface area contributed by atoms with Gasteiger partial charge in [-0.25, -0.2) is 0 Å². The molecule has 0 atom stereocenters. The molecule has 3 rings (SSSR count). The topological polar surface area (TPSA) is 69.0 Å². The second kappa shape index (κ2) is 9.33. The van der Waals surface area contributed by atoms with Crippen molar-refractivity contribution >= 4 is 35.0 Å². The molecule has 1 heterocycles. The molecule has 0 saturated heterocycles. The molecule has 0 bridgehead atoms. The Balaban J connectivity index is 1.66. The van der Waals surface area contributed by atoms with E-state index in [1.165, 1.54) is 17.3 Å². The molecule has 0 aliphatic carbocycles. The van der Waals surface area contributed by atoms with E-state index in [1.807, 2.05) is 23.7 Å². The molecule has 8 heteroatoms. The summed E-state index contributed by atoms with van der Waals surface area (Å²) < 4.78 is 7.14. The number of nitrogens with one attached hydrogen (secondary N) is 1. The Kier molecular flexibility index (Phi) is 6.82. The van der Waals surface area contributed by atoms with Gasteiger partial charge >= 0.3 is 0 Å². The zero-order valence-electron chi connectivity index (χ0n) is 16.8.